The second kappa shape index (κ2) is 7.87. The van der Waals surface area contributed by atoms with Crippen molar-refractivity contribution in [1.29, 1.82) is 0 Å². The SMILES string of the molecule is N[C@@H]1c2ccccc2C2(CCN(C(=O)CCCN3CCOCC3)CC2)[C@H]1O. The minimum atomic E-state index is -0.562. The Morgan fingerprint density at radius 2 is 1.89 bits per heavy atom. The van der Waals surface area contributed by atoms with Crippen LogP contribution in [-0.2, 0) is 14.9 Å². The Bertz CT molecular complexity index is 666. The van der Waals surface area contributed by atoms with E-state index in [0.29, 0.717) is 19.5 Å². The predicted molar refractivity (Wildman–Crippen MR) is 103 cm³/mol. The number of fused-ring (bicyclic) bond motifs is 2. The molecule has 3 N–H and O–H groups in total. The Kier molecular flexibility index (Phi) is 5.50. The van der Waals surface area contributed by atoms with Gasteiger partial charge in [-0.15, -0.1) is 0 Å². The van der Waals surface area contributed by atoms with Crippen LogP contribution in [0.15, 0.2) is 24.3 Å². The lowest BCUT2D eigenvalue weighted by molar-refractivity contribution is -0.133. The number of piperidine rings is 1. The molecule has 6 heteroatoms. The minimum Gasteiger partial charge on any atom is -0.390 e. The van der Waals surface area contributed by atoms with Crippen LogP contribution in [0.1, 0.15) is 42.9 Å². The van der Waals surface area contributed by atoms with Crippen LogP contribution >= 0.6 is 0 Å². The Morgan fingerprint density at radius 1 is 1.19 bits per heavy atom. The minimum absolute atomic E-state index is 0.239. The van der Waals surface area contributed by atoms with E-state index in [2.05, 4.69) is 11.0 Å². The number of benzene rings is 1. The van der Waals surface area contributed by atoms with Gasteiger partial charge in [0.05, 0.1) is 25.4 Å². The van der Waals surface area contributed by atoms with Gasteiger partial charge in [0, 0.05) is 38.0 Å². The predicted octanol–water partition coefficient (Wildman–Crippen LogP) is 1.03. The molecule has 2 saturated heterocycles. The average molecular weight is 373 g/mol. The number of likely N-dealkylation sites (tertiary alicyclic amines) is 1. The number of carbonyl (C=O) groups excluding carboxylic acids is 1. The van der Waals surface area contributed by atoms with E-state index in [1.165, 1.54) is 5.56 Å². The molecule has 1 aliphatic carbocycles. The van der Waals surface area contributed by atoms with Crippen molar-refractivity contribution in [3.63, 3.8) is 0 Å². The van der Waals surface area contributed by atoms with E-state index in [0.717, 1.165) is 57.7 Å². The highest BCUT2D eigenvalue weighted by molar-refractivity contribution is 5.76. The van der Waals surface area contributed by atoms with E-state index in [9.17, 15) is 9.90 Å². The van der Waals surface area contributed by atoms with Gasteiger partial charge in [-0.1, -0.05) is 24.3 Å². The van der Waals surface area contributed by atoms with Gasteiger partial charge < -0.3 is 20.5 Å². The third-order valence-corrected chi connectivity index (χ3v) is 6.74. The molecule has 6 nitrogen and oxygen atoms in total. The molecule has 2 aliphatic heterocycles. The summed E-state index contributed by atoms with van der Waals surface area (Å²) >= 11 is 0. The smallest absolute Gasteiger partial charge is 0.222 e. The number of ether oxygens (including phenoxy) is 1. The summed E-state index contributed by atoms with van der Waals surface area (Å²) in [6.45, 7) is 5.91. The molecule has 0 radical (unpaired) electrons. The fourth-order valence-electron chi connectivity index (χ4n) is 5.07. The Morgan fingerprint density at radius 3 is 2.63 bits per heavy atom. The number of hydrogen-bond donors (Lipinski definition) is 2. The van der Waals surface area contributed by atoms with Gasteiger partial charge in [0.15, 0.2) is 0 Å². The summed E-state index contributed by atoms with van der Waals surface area (Å²) < 4.78 is 5.36. The standard InChI is InChI=1S/C21H31N3O3/c22-19-16-4-1-2-5-17(16)21(20(19)26)7-10-24(11-8-21)18(25)6-3-9-23-12-14-27-15-13-23/h1-2,4-5,19-20,26H,3,6-15,22H2/t19-,20+/m1/s1. The molecule has 2 heterocycles. The average Bonchev–Trinajstić information content (AvgIpc) is 2.92. The Labute approximate surface area is 161 Å². The highest BCUT2D eigenvalue weighted by Crippen LogP contribution is 2.50. The third-order valence-electron chi connectivity index (χ3n) is 6.74. The van der Waals surface area contributed by atoms with Crippen LogP contribution in [0, 0.1) is 0 Å². The van der Waals surface area contributed by atoms with Gasteiger partial charge in [-0.05, 0) is 36.9 Å². The molecule has 1 spiro atoms. The second-order valence-electron chi connectivity index (χ2n) is 8.15. The summed E-state index contributed by atoms with van der Waals surface area (Å²) in [6, 6.07) is 7.82. The van der Waals surface area contributed by atoms with Crippen LogP contribution in [-0.4, -0.2) is 72.9 Å². The molecule has 0 saturated carbocycles. The van der Waals surface area contributed by atoms with E-state index in [1.54, 1.807) is 0 Å². The van der Waals surface area contributed by atoms with Gasteiger partial charge in [-0.25, -0.2) is 0 Å². The molecule has 0 unspecified atom stereocenters. The van der Waals surface area contributed by atoms with Crippen molar-refractivity contribution in [3.05, 3.63) is 35.4 Å². The molecule has 2 atom stereocenters. The summed E-state index contributed by atoms with van der Waals surface area (Å²) in [4.78, 5) is 17.0. The molecule has 27 heavy (non-hydrogen) atoms. The zero-order chi connectivity index (χ0) is 18.9. The summed E-state index contributed by atoms with van der Waals surface area (Å²) in [5.74, 6) is 0.239. The zero-order valence-electron chi connectivity index (χ0n) is 16.0. The van der Waals surface area contributed by atoms with Crippen molar-refractivity contribution < 1.29 is 14.6 Å². The van der Waals surface area contributed by atoms with Gasteiger partial charge in [0.25, 0.3) is 0 Å². The van der Waals surface area contributed by atoms with E-state index < -0.39 is 6.10 Å². The molecular formula is C21H31N3O3. The molecule has 148 valence electrons. The Hall–Kier alpha value is -1.47. The number of hydrogen-bond acceptors (Lipinski definition) is 5. The first-order valence-electron chi connectivity index (χ1n) is 10.2. The van der Waals surface area contributed by atoms with Crippen molar-refractivity contribution in [2.24, 2.45) is 5.73 Å². The number of aliphatic hydroxyl groups is 1. The normalized spacial score (nSPS) is 27.7. The van der Waals surface area contributed by atoms with Gasteiger partial charge in [-0.2, -0.15) is 0 Å². The summed E-state index contributed by atoms with van der Waals surface area (Å²) in [5, 5.41) is 10.9. The van der Waals surface area contributed by atoms with Gasteiger partial charge in [-0.3, -0.25) is 9.69 Å². The van der Waals surface area contributed by atoms with Crippen LogP contribution < -0.4 is 5.73 Å². The first kappa shape index (κ1) is 18.9. The maximum absolute atomic E-state index is 12.6. The van der Waals surface area contributed by atoms with Gasteiger partial charge in [0.2, 0.25) is 5.91 Å². The topological polar surface area (TPSA) is 79.0 Å². The molecular weight excluding hydrogens is 342 g/mol. The molecule has 4 rings (SSSR count). The third kappa shape index (κ3) is 3.51. The van der Waals surface area contributed by atoms with Crippen molar-refractivity contribution >= 4 is 5.91 Å². The van der Waals surface area contributed by atoms with Crippen LogP contribution in [0.5, 0.6) is 0 Å². The number of nitrogens with zero attached hydrogens (tertiary/aromatic N) is 2. The van der Waals surface area contributed by atoms with E-state index in [1.807, 2.05) is 23.1 Å². The molecule has 0 aromatic heterocycles. The number of nitrogens with two attached hydrogens (primary N) is 1. The first-order chi connectivity index (χ1) is 13.1. The largest absolute Gasteiger partial charge is 0.390 e. The maximum Gasteiger partial charge on any atom is 0.222 e. The lowest BCUT2D eigenvalue weighted by Crippen LogP contribution is -2.50. The number of amides is 1. The number of morpholine rings is 1. The van der Waals surface area contributed by atoms with Gasteiger partial charge in [0.1, 0.15) is 0 Å². The number of rotatable bonds is 4. The van der Waals surface area contributed by atoms with Crippen molar-refractivity contribution in [2.45, 2.75) is 43.2 Å². The molecule has 2 fully saturated rings. The van der Waals surface area contributed by atoms with Crippen LogP contribution in [0.2, 0.25) is 0 Å². The van der Waals surface area contributed by atoms with Crippen LogP contribution in [0.25, 0.3) is 0 Å². The molecule has 1 aromatic rings. The molecule has 1 aromatic carbocycles. The first-order valence-corrected chi connectivity index (χ1v) is 10.2. The van der Waals surface area contributed by atoms with Crippen molar-refractivity contribution in [2.75, 3.05) is 45.9 Å². The molecule has 3 aliphatic rings. The monoisotopic (exact) mass is 373 g/mol. The molecule has 1 amide bonds. The highest BCUT2D eigenvalue weighted by atomic mass is 16.5. The van der Waals surface area contributed by atoms with Crippen molar-refractivity contribution in [1.82, 2.24) is 9.80 Å². The number of carbonyl (C=O) groups is 1. The van der Waals surface area contributed by atoms with E-state index in [-0.39, 0.29) is 17.4 Å². The quantitative estimate of drug-likeness (QED) is 0.824. The zero-order valence-corrected chi connectivity index (χ0v) is 16.0. The molecule has 0 bridgehead atoms. The second-order valence-corrected chi connectivity index (χ2v) is 8.15. The van der Waals surface area contributed by atoms with E-state index in [4.69, 9.17) is 10.5 Å². The fourth-order valence-corrected chi connectivity index (χ4v) is 5.07. The summed E-state index contributed by atoms with van der Waals surface area (Å²) in [7, 11) is 0. The lowest BCUT2D eigenvalue weighted by atomic mass is 9.72. The van der Waals surface area contributed by atoms with Gasteiger partial charge >= 0.3 is 0 Å². The highest BCUT2D eigenvalue weighted by Gasteiger charge is 2.51. The maximum atomic E-state index is 12.6. The lowest BCUT2D eigenvalue weighted by Gasteiger charge is -2.42. The number of aliphatic hydroxyl groups excluding tert-OH is 1. The fraction of sp³-hybridized carbons (Fsp3) is 0.667. The summed E-state index contributed by atoms with van der Waals surface area (Å²) in [6.07, 6.45) is 2.51. The van der Waals surface area contributed by atoms with Crippen LogP contribution in [0.3, 0.4) is 0 Å². The van der Waals surface area contributed by atoms with Crippen LogP contribution in [0.4, 0.5) is 0 Å². The summed E-state index contributed by atoms with van der Waals surface area (Å²) in [5.41, 5.74) is 8.24. The Balaban J connectivity index is 1.31. The van der Waals surface area contributed by atoms with Crippen molar-refractivity contribution in [3.8, 4) is 0 Å². The van der Waals surface area contributed by atoms with E-state index >= 15 is 0 Å².